The lowest BCUT2D eigenvalue weighted by molar-refractivity contribution is 0.0312. The van der Waals surface area contributed by atoms with E-state index in [2.05, 4.69) is 4.90 Å². The van der Waals surface area contributed by atoms with E-state index in [4.69, 9.17) is 5.73 Å². The molecule has 0 aliphatic heterocycles. The molecule has 2 rings (SSSR count). The normalized spacial score (nSPS) is 24.0. The Morgan fingerprint density at radius 3 is 2.47 bits per heavy atom. The van der Waals surface area contributed by atoms with Crippen molar-refractivity contribution in [2.75, 3.05) is 19.6 Å². The maximum absolute atomic E-state index is 10.1. The van der Waals surface area contributed by atoms with E-state index in [-0.39, 0.29) is 0 Å². The largest absolute Gasteiger partial charge is 0.389 e. The molecular weight excluding hydrogens is 212 g/mol. The van der Waals surface area contributed by atoms with Crippen molar-refractivity contribution >= 4 is 0 Å². The molecule has 2 aliphatic carbocycles. The smallest absolute Gasteiger partial charge is 0.0767 e. The van der Waals surface area contributed by atoms with Gasteiger partial charge in [0.25, 0.3) is 0 Å². The standard InChI is InChI=1S/C14H28N2O/c1-2-14(17,11-15)8-3-9-16(13-6-7-13)10-12-4-5-12/h12-13,17H,2-11,15H2,1H3. The molecule has 0 aromatic rings. The Kier molecular flexibility index (Phi) is 4.45. The van der Waals surface area contributed by atoms with Crippen LogP contribution < -0.4 is 5.73 Å². The molecule has 0 bridgehead atoms. The molecule has 2 aliphatic rings. The number of nitrogens with zero attached hydrogens (tertiary/aromatic N) is 1. The molecule has 0 aromatic carbocycles. The van der Waals surface area contributed by atoms with E-state index >= 15 is 0 Å². The van der Waals surface area contributed by atoms with E-state index in [0.717, 1.165) is 37.8 Å². The monoisotopic (exact) mass is 240 g/mol. The highest BCUT2D eigenvalue weighted by Gasteiger charge is 2.33. The summed E-state index contributed by atoms with van der Waals surface area (Å²) in [6.45, 7) is 4.88. The number of aliphatic hydroxyl groups is 1. The first-order valence-electron chi connectivity index (χ1n) is 7.33. The van der Waals surface area contributed by atoms with Gasteiger partial charge in [0.1, 0.15) is 0 Å². The van der Waals surface area contributed by atoms with Gasteiger partial charge in [-0.1, -0.05) is 6.92 Å². The van der Waals surface area contributed by atoms with Crippen LogP contribution in [0, 0.1) is 5.92 Å². The van der Waals surface area contributed by atoms with Gasteiger partial charge in [0.15, 0.2) is 0 Å². The van der Waals surface area contributed by atoms with Gasteiger partial charge in [-0.2, -0.15) is 0 Å². The summed E-state index contributed by atoms with van der Waals surface area (Å²) < 4.78 is 0. The van der Waals surface area contributed by atoms with Crippen LogP contribution in [-0.4, -0.2) is 41.3 Å². The van der Waals surface area contributed by atoms with Gasteiger partial charge in [-0.3, -0.25) is 0 Å². The first-order valence-corrected chi connectivity index (χ1v) is 7.33. The molecule has 3 N–H and O–H groups in total. The molecule has 1 atom stereocenters. The van der Waals surface area contributed by atoms with Gasteiger partial charge >= 0.3 is 0 Å². The van der Waals surface area contributed by atoms with Crippen molar-refractivity contribution < 1.29 is 5.11 Å². The predicted octanol–water partition coefficient (Wildman–Crippen LogP) is 1.74. The lowest BCUT2D eigenvalue weighted by Gasteiger charge is -2.27. The van der Waals surface area contributed by atoms with Gasteiger partial charge in [0, 0.05) is 19.1 Å². The zero-order valence-electron chi connectivity index (χ0n) is 11.2. The molecule has 0 amide bonds. The maximum Gasteiger partial charge on any atom is 0.0767 e. The number of rotatable bonds is 9. The first-order chi connectivity index (χ1) is 8.17. The average molecular weight is 240 g/mol. The van der Waals surface area contributed by atoms with E-state index in [1.165, 1.54) is 32.2 Å². The van der Waals surface area contributed by atoms with Crippen molar-refractivity contribution in [2.45, 2.75) is 63.5 Å². The van der Waals surface area contributed by atoms with Gasteiger partial charge in [-0.25, -0.2) is 0 Å². The van der Waals surface area contributed by atoms with Crippen LogP contribution in [-0.2, 0) is 0 Å². The minimum Gasteiger partial charge on any atom is -0.389 e. The molecule has 0 radical (unpaired) electrons. The van der Waals surface area contributed by atoms with Crippen molar-refractivity contribution in [3.63, 3.8) is 0 Å². The summed E-state index contributed by atoms with van der Waals surface area (Å²) in [5.41, 5.74) is 5.02. The molecule has 2 saturated carbocycles. The van der Waals surface area contributed by atoms with Crippen LogP contribution in [0.5, 0.6) is 0 Å². The van der Waals surface area contributed by atoms with Crippen LogP contribution >= 0.6 is 0 Å². The summed E-state index contributed by atoms with van der Waals surface area (Å²) in [7, 11) is 0. The van der Waals surface area contributed by atoms with E-state index in [9.17, 15) is 5.11 Å². The lowest BCUT2D eigenvalue weighted by atomic mass is 9.95. The van der Waals surface area contributed by atoms with E-state index in [0.29, 0.717) is 6.54 Å². The van der Waals surface area contributed by atoms with Crippen LogP contribution in [0.4, 0.5) is 0 Å². The number of hydrogen-bond acceptors (Lipinski definition) is 3. The molecule has 3 nitrogen and oxygen atoms in total. The maximum atomic E-state index is 10.1. The molecule has 0 saturated heterocycles. The number of hydrogen-bond donors (Lipinski definition) is 2. The predicted molar refractivity (Wildman–Crippen MR) is 70.8 cm³/mol. The highest BCUT2D eigenvalue weighted by Crippen LogP contribution is 2.35. The second-order valence-corrected chi connectivity index (χ2v) is 6.06. The zero-order chi connectivity index (χ0) is 12.3. The van der Waals surface area contributed by atoms with E-state index < -0.39 is 5.60 Å². The van der Waals surface area contributed by atoms with Gasteiger partial charge in [-0.15, -0.1) is 0 Å². The van der Waals surface area contributed by atoms with Crippen LogP contribution in [0.25, 0.3) is 0 Å². The second-order valence-electron chi connectivity index (χ2n) is 6.06. The molecule has 100 valence electrons. The summed E-state index contributed by atoms with van der Waals surface area (Å²) in [4.78, 5) is 2.66. The fourth-order valence-corrected chi connectivity index (χ4v) is 2.53. The Labute approximate surface area is 105 Å². The molecule has 1 unspecified atom stereocenters. The summed E-state index contributed by atoms with van der Waals surface area (Å²) in [5.74, 6) is 0.982. The summed E-state index contributed by atoms with van der Waals surface area (Å²) in [5, 5.41) is 10.1. The average Bonchev–Trinajstić information content (AvgIpc) is 3.18. The Bertz CT molecular complexity index is 232. The summed E-state index contributed by atoms with van der Waals surface area (Å²) in [6, 6.07) is 0.864. The van der Waals surface area contributed by atoms with Gasteiger partial charge < -0.3 is 15.7 Å². The SMILES string of the molecule is CCC(O)(CN)CCCN(CC1CC1)C1CC1. The Morgan fingerprint density at radius 2 is 2.00 bits per heavy atom. The van der Waals surface area contributed by atoms with Crippen LogP contribution in [0.2, 0.25) is 0 Å². The third kappa shape index (κ3) is 4.23. The molecule has 0 heterocycles. The fourth-order valence-electron chi connectivity index (χ4n) is 2.53. The molecular formula is C14H28N2O. The van der Waals surface area contributed by atoms with Gasteiger partial charge in [-0.05, 0) is 57.4 Å². The summed E-state index contributed by atoms with van der Waals surface area (Å²) >= 11 is 0. The minimum absolute atomic E-state index is 0.398. The third-order valence-electron chi connectivity index (χ3n) is 4.38. The molecule has 17 heavy (non-hydrogen) atoms. The fraction of sp³-hybridized carbons (Fsp3) is 1.00. The third-order valence-corrected chi connectivity index (χ3v) is 4.38. The Hall–Kier alpha value is -0.120. The van der Waals surface area contributed by atoms with Gasteiger partial charge in [0.2, 0.25) is 0 Å². The first kappa shape index (κ1) is 13.3. The highest BCUT2D eigenvalue weighted by atomic mass is 16.3. The van der Waals surface area contributed by atoms with Crippen molar-refractivity contribution in [1.82, 2.24) is 4.90 Å². The molecule has 0 spiro atoms. The number of nitrogens with two attached hydrogens (primary N) is 1. The van der Waals surface area contributed by atoms with Crippen LogP contribution in [0.3, 0.4) is 0 Å². The Morgan fingerprint density at radius 1 is 1.29 bits per heavy atom. The highest BCUT2D eigenvalue weighted by molar-refractivity contribution is 4.89. The van der Waals surface area contributed by atoms with E-state index in [1.807, 2.05) is 6.92 Å². The minimum atomic E-state index is -0.616. The second kappa shape index (κ2) is 5.68. The van der Waals surface area contributed by atoms with Crippen LogP contribution in [0.1, 0.15) is 51.9 Å². The van der Waals surface area contributed by atoms with Crippen molar-refractivity contribution in [3.8, 4) is 0 Å². The molecule has 0 aromatic heterocycles. The van der Waals surface area contributed by atoms with Crippen LogP contribution in [0.15, 0.2) is 0 Å². The van der Waals surface area contributed by atoms with E-state index in [1.54, 1.807) is 0 Å². The topological polar surface area (TPSA) is 49.5 Å². The molecule has 2 fully saturated rings. The van der Waals surface area contributed by atoms with Crippen molar-refractivity contribution in [2.24, 2.45) is 11.7 Å². The van der Waals surface area contributed by atoms with Gasteiger partial charge in [0.05, 0.1) is 5.60 Å². The Balaban J connectivity index is 1.67. The lowest BCUT2D eigenvalue weighted by Crippen LogP contribution is -2.38. The zero-order valence-corrected chi connectivity index (χ0v) is 11.2. The molecule has 3 heteroatoms. The van der Waals surface area contributed by atoms with Crippen molar-refractivity contribution in [3.05, 3.63) is 0 Å². The summed E-state index contributed by atoms with van der Waals surface area (Å²) in [6.07, 6.45) is 8.37. The van der Waals surface area contributed by atoms with Crippen molar-refractivity contribution in [1.29, 1.82) is 0 Å². The quantitative estimate of drug-likeness (QED) is 0.645.